The minimum absolute atomic E-state index is 0.0481. The van der Waals surface area contributed by atoms with Crippen molar-refractivity contribution in [3.8, 4) is 11.1 Å². The average molecular weight is 249 g/mol. The van der Waals surface area contributed by atoms with Gasteiger partial charge in [-0.25, -0.2) is 9.18 Å². The second-order valence-electron chi connectivity index (χ2n) is 3.81. The lowest BCUT2D eigenvalue weighted by Crippen LogP contribution is -2.06. The highest BCUT2D eigenvalue weighted by molar-refractivity contribution is 5.96. The van der Waals surface area contributed by atoms with Crippen LogP contribution >= 0.6 is 0 Å². The largest absolute Gasteiger partial charge is 0.465 e. The summed E-state index contributed by atoms with van der Waals surface area (Å²) >= 11 is 0. The van der Waals surface area contributed by atoms with Crippen molar-refractivity contribution in [1.29, 1.82) is 0 Å². The third-order valence-electron chi connectivity index (χ3n) is 2.56. The molecule has 0 atom stereocenters. The second-order valence-corrected chi connectivity index (χ2v) is 3.81. The lowest BCUT2D eigenvalue weighted by Gasteiger charge is -2.07. The maximum Gasteiger partial charge on any atom is 0.339 e. The van der Waals surface area contributed by atoms with Gasteiger partial charge in [0.1, 0.15) is 5.82 Å². The van der Waals surface area contributed by atoms with Crippen molar-refractivity contribution in [1.82, 2.24) is 9.78 Å². The zero-order valence-electron chi connectivity index (χ0n) is 9.98. The van der Waals surface area contributed by atoms with E-state index in [0.717, 1.165) is 6.07 Å². The number of halogens is 1. The van der Waals surface area contributed by atoms with Crippen molar-refractivity contribution in [3.63, 3.8) is 0 Å². The highest BCUT2D eigenvalue weighted by Gasteiger charge is 2.16. The zero-order valence-corrected chi connectivity index (χ0v) is 9.98. The normalized spacial score (nSPS) is 10.4. The minimum Gasteiger partial charge on any atom is -0.465 e. The number of anilines is 1. The van der Waals surface area contributed by atoms with E-state index in [1.54, 1.807) is 17.9 Å². The monoisotopic (exact) mass is 249 g/mol. The smallest absolute Gasteiger partial charge is 0.339 e. The van der Waals surface area contributed by atoms with Gasteiger partial charge in [0.25, 0.3) is 0 Å². The SMILES string of the molecule is COC(=O)c1cc(-c2cnn(C)c2)c(F)cc1N. The van der Waals surface area contributed by atoms with Gasteiger partial charge in [0.05, 0.1) is 18.9 Å². The molecule has 18 heavy (non-hydrogen) atoms. The predicted molar refractivity (Wildman–Crippen MR) is 64.4 cm³/mol. The number of nitrogens with two attached hydrogens (primary N) is 1. The summed E-state index contributed by atoms with van der Waals surface area (Å²) in [6, 6.07) is 2.47. The van der Waals surface area contributed by atoms with E-state index < -0.39 is 11.8 Å². The van der Waals surface area contributed by atoms with Crippen molar-refractivity contribution in [2.45, 2.75) is 0 Å². The molecule has 0 aliphatic rings. The molecule has 5 nitrogen and oxygen atoms in total. The van der Waals surface area contributed by atoms with E-state index in [9.17, 15) is 9.18 Å². The molecule has 0 saturated carbocycles. The molecule has 0 aliphatic heterocycles. The Morgan fingerprint density at radius 2 is 2.22 bits per heavy atom. The Labute approximate surface area is 103 Å². The van der Waals surface area contributed by atoms with Gasteiger partial charge in [-0.3, -0.25) is 4.68 Å². The third kappa shape index (κ3) is 2.04. The third-order valence-corrected chi connectivity index (χ3v) is 2.56. The van der Waals surface area contributed by atoms with Crippen LogP contribution in [0.2, 0.25) is 0 Å². The molecule has 0 aliphatic carbocycles. The van der Waals surface area contributed by atoms with Crippen molar-refractivity contribution in [2.75, 3.05) is 12.8 Å². The number of nitrogens with zero attached hydrogens (tertiary/aromatic N) is 2. The van der Waals surface area contributed by atoms with Crippen molar-refractivity contribution in [2.24, 2.45) is 7.05 Å². The number of ether oxygens (including phenoxy) is 1. The number of esters is 1. The maximum atomic E-state index is 13.8. The van der Waals surface area contributed by atoms with E-state index in [4.69, 9.17) is 5.73 Å². The van der Waals surface area contributed by atoms with E-state index in [2.05, 4.69) is 9.84 Å². The van der Waals surface area contributed by atoms with E-state index >= 15 is 0 Å². The summed E-state index contributed by atoms with van der Waals surface area (Å²) in [5.41, 5.74) is 6.60. The molecule has 0 amide bonds. The van der Waals surface area contributed by atoms with Crippen LogP contribution in [0.4, 0.5) is 10.1 Å². The molecule has 0 radical (unpaired) electrons. The number of aromatic nitrogens is 2. The number of methoxy groups -OCH3 is 1. The number of hydrogen-bond acceptors (Lipinski definition) is 4. The fourth-order valence-corrected chi connectivity index (χ4v) is 1.66. The number of benzene rings is 1. The summed E-state index contributed by atoms with van der Waals surface area (Å²) in [5, 5.41) is 3.95. The molecule has 0 unspecified atom stereocenters. The standard InChI is InChI=1S/C12H12FN3O2/c1-16-6-7(5-15-16)8-3-9(12(17)18-2)11(14)4-10(8)13/h3-6H,14H2,1-2H3. The molecule has 1 heterocycles. The maximum absolute atomic E-state index is 13.8. The molecule has 2 aromatic rings. The number of carbonyl (C=O) groups is 1. The van der Waals surface area contributed by atoms with E-state index in [1.807, 2.05) is 0 Å². The van der Waals surface area contributed by atoms with Crippen LogP contribution < -0.4 is 5.73 Å². The predicted octanol–water partition coefficient (Wildman–Crippen LogP) is 1.59. The summed E-state index contributed by atoms with van der Waals surface area (Å²) in [4.78, 5) is 11.5. The first kappa shape index (κ1) is 12.1. The van der Waals surface area contributed by atoms with Crippen LogP contribution in [0.1, 0.15) is 10.4 Å². The zero-order chi connectivity index (χ0) is 13.3. The van der Waals surface area contributed by atoms with Crippen molar-refractivity contribution < 1.29 is 13.9 Å². The van der Waals surface area contributed by atoms with Crippen molar-refractivity contribution >= 4 is 11.7 Å². The Morgan fingerprint density at radius 1 is 1.50 bits per heavy atom. The average Bonchev–Trinajstić information content (AvgIpc) is 2.75. The van der Waals surface area contributed by atoms with E-state index in [-0.39, 0.29) is 16.8 Å². The molecule has 0 bridgehead atoms. The number of nitrogen functional groups attached to an aromatic ring is 1. The van der Waals surface area contributed by atoms with Gasteiger partial charge < -0.3 is 10.5 Å². The van der Waals surface area contributed by atoms with Gasteiger partial charge in [-0.2, -0.15) is 5.10 Å². The number of rotatable bonds is 2. The highest BCUT2D eigenvalue weighted by atomic mass is 19.1. The molecule has 0 spiro atoms. The first-order valence-corrected chi connectivity index (χ1v) is 5.19. The van der Waals surface area contributed by atoms with Gasteiger partial charge in [0.15, 0.2) is 0 Å². The molecule has 2 N–H and O–H groups in total. The van der Waals surface area contributed by atoms with Gasteiger partial charge in [0, 0.05) is 30.1 Å². The molecule has 0 saturated heterocycles. The number of aryl methyl sites for hydroxylation is 1. The molecule has 1 aromatic carbocycles. The fraction of sp³-hybridized carbons (Fsp3) is 0.167. The molecule has 0 fully saturated rings. The lowest BCUT2D eigenvalue weighted by molar-refractivity contribution is 0.0602. The molecule has 2 rings (SSSR count). The molecular formula is C12H12FN3O2. The Kier molecular flexibility index (Phi) is 3.01. The Morgan fingerprint density at radius 3 is 2.78 bits per heavy atom. The van der Waals surface area contributed by atoms with Gasteiger partial charge in [0.2, 0.25) is 0 Å². The second kappa shape index (κ2) is 4.48. The molecule has 1 aromatic heterocycles. The number of hydrogen-bond donors (Lipinski definition) is 1. The first-order valence-electron chi connectivity index (χ1n) is 5.19. The topological polar surface area (TPSA) is 70.1 Å². The quantitative estimate of drug-likeness (QED) is 0.648. The Balaban J connectivity index is 2.58. The van der Waals surface area contributed by atoms with Crippen LogP contribution in [0.3, 0.4) is 0 Å². The summed E-state index contributed by atoms with van der Waals surface area (Å²) in [5.74, 6) is -1.11. The van der Waals surface area contributed by atoms with Gasteiger partial charge >= 0.3 is 5.97 Å². The summed E-state index contributed by atoms with van der Waals surface area (Å²) in [7, 11) is 2.97. The van der Waals surface area contributed by atoms with Gasteiger partial charge in [-0.05, 0) is 12.1 Å². The van der Waals surface area contributed by atoms with E-state index in [0.29, 0.717) is 5.56 Å². The Hall–Kier alpha value is -2.37. The Bertz CT molecular complexity index is 607. The van der Waals surface area contributed by atoms with Gasteiger partial charge in [-0.15, -0.1) is 0 Å². The molecule has 6 heteroatoms. The van der Waals surface area contributed by atoms with E-state index in [1.165, 1.54) is 19.4 Å². The van der Waals surface area contributed by atoms with Crippen LogP contribution in [0.25, 0.3) is 11.1 Å². The first-order chi connectivity index (χ1) is 8.52. The minimum atomic E-state index is -0.599. The summed E-state index contributed by atoms with van der Waals surface area (Å²) in [6.45, 7) is 0. The summed E-state index contributed by atoms with van der Waals surface area (Å²) < 4.78 is 20.0. The molecule has 94 valence electrons. The van der Waals surface area contributed by atoms with Crippen LogP contribution in [0.5, 0.6) is 0 Å². The van der Waals surface area contributed by atoms with Crippen LogP contribution in [0.15, 0.2) is 24.5 Å². The number of carbonyl (C=O) groups excluding carboxylic acids is 1. The van der Waals surface area contributed by atoms with Gasteiger partial charge in [-0.1, -0.05) is 0 Å². The fourth-order valence-electron chi connectivity index (χ4n) is 1.66. The van der Waals surface area contributed by atoms with Crippen LogP contribution in [-0.4, -0.2) is 22.9 Å². The van der Waals surface area contributed by atoms with Crippen molar-refractivity contribution in [3.05, 3.63) is 35.9 Å². The lowest BCUT2D eigenvalue weighted by atomic mass is 10.0. The highest BCUT2D eigenvalue weighted by Crippen LogP contribution is 2.27. The summed E-state index contributed by atoms with van der Waals surface area (Å²) in [6.07, 6.45) is 3.16. The van der Waals surface area contributed by atoms with Crippen LogP contribution in [-0.2, 0) is 11.8 Å². The molecular weight excluding hydrogens is 237 g/mol. The van der Waals surface area contributed by atoms with Crippen LogP contribution in [0, 0.1) is 5.82 Å².